The summed E-state index contributed by atoms with van der Waals surface area (Å²) in [4.78, 5) is 14.7. The third-order valence-electron chi connectivity index (χ3n) is 5.74. The lowest BCUT2D eigenvalue weighted by atomic mass is 9.94. The number of carbonyl (C=O) groups excluding carboxylic acids is 1. The van der Waals surface area contributed by atoms with Gasteiger partial charge in [0.15, 0.2) is 16.6 Å². The molecule has 1 saturated carbocycles. The molecule has 1 N–H and O–H groups in total. The van der Waals surface area contributed by atoms with Crippen LogP contribution in [0.4, 0.5) is 0 Å². The number of amides is 1. The molecule has 2 aromatic rings. The predicted molar refractivity (Wildman–Crippen MR) is 131 cm³/mol. The summed E-state index contributed by atoms with van der Waals surface area (Å²) in [6.07, 6.45) is 7.17. The zero-order chi connectivity index (χ0) is 22.7. The summed E-state index contributed by atoms with van der Waals surface area (Å²) in [6.45, 7) is 0.251. The second kappa shape index (κ2) is 10.1. The molecule has 2 aliphatic rings. The van der Waals surface area contributed by atoms with E-state index in [9.17, 15) is 4.79 Å². The summed E-state index contributed by atoms with van der Waals surface area (Å²) in [5, 5.41) is 4.52. The van der Waals surface area contributed by atoms with E-state index in [1.807, 2.05) is 18.2 Å². The van der Waals surface area contributed by atoms with E-state index in [0.29, 0.717) is 37.9 Å². The molecule has 2 fully saturated rings. The van der Waals surface area contributed by atoms with Gasteiger partial charge in [0.25, 0.3) is 5.91 Å². The lowest BCUT2D eigenvalue weighted by Gasteiger charge is -2.29. The first-order valence-electron chi connectivity index (χ1n) is 10.6. The maximum atomic E-state index is 13.0. The minimum atomic E-state index is -0.101. The summed E-state index contributed by atoms with van der Waals surface area (Å²) < 4.78 is 11.4. The van der Waals surface area contributed by atoms with Crippen molar-refractivity contribution in [2.45, 2.75) is 44.8 Å². The molecule has 1 heterocycles. The lowest BCUT2D eigenvalue weighted by Crippen LogP contribution is -2.41. The molecule has 32 heavy (non-hydrogen) atoms. The van der Waals surface area contributed by atoms with Crippen LogP contribution < -0.4 is 14.8 Å². The molecule has 2 aromatic carbocycles. The Balaban J connectivity index is 1.55. The Hall–Kier alpha value is -2.28. The van der Waals surface area contributed by atoms with Crippen LogP contribution >= 0.6 is 35.4 Å². The van der Waals surface area contributed by atoms with Crippen molar-refractivity contribution in [3.63, 3.8) is 0 Å². The van der Waals surface area contributed by atoms with Crippen molar-refractivity contribution in [1.82, 2.24) is 10.2 Å². The molecule has 0 radical (unpaired) electrons. The standard InChI is InChI=1S/C24H24Cl2N2O3S/c1-30-21-13-15(11-19(26)22(21)31-14-16-7-5-6-10-18(16)25)12-20-23(29)28(24(32)27-20)17-8-3-2-4-9-17/h5-7,10-13,17H,2-4,8-9,14H2,1H3,(H,27,32)/b20-12-. The normalized spacial score (nSPS) is 18.2. The predicted octanol–water partition coefficient (Wildman–Crippen LogP) is 5.97. The van der Waals surface area contributed by atoms with Gasteiger partial charge >= 0.3 is 0 Å². The molecule has 1 aliphatic heterocycles. The number of thiocarbonyl (C=S) groups is 1. The van der Waals surface area contributed by atoms with Gasteiger partial charge in [-0.3, -0.25) is 9.69 Å². The zero-order valence-electron chi connectivity index (χ0n) is 17.7. The lowest BCUT2D eigenvalue weighted by molar-refractivity contribution is -0.124. The highest BCUT2D eigenvalue weighted by Crippen LogP contribution is 2.38. The average molecular weight is 491 g/mol. The molecule has 168 valence electrons. The molecule has 8 heteroatoms. The summed E-state index contributed by atoms with van der Waals surface area (Å²) in [5.41, 5.74) is 1.99. The number of halogens is 2. The van der Waals surface area contributed by atoms with E-state index in [0.717, 1.165) is 31.2 Å². The van der Waals surface area contributed by atoms with E-state index >= 15 is 0 Å². The van der Waals surface area contributed by atoms with E-state index in [1.165, 1.54) is 6.42 Å². The van der Waals surface area contributed by atoms with Crippen LogP contribution in [-0.2, 0) is 11.4 Å². The molecule has 5 nitrogen and oxygen atoms in total. The van der Waals surface area contributed by atoms with Gasteiger partial charge in [-0.25, -0.2) is 0 Å². The van der Waals surface area contributed by atoms with Gasteiger partial charge < -0.3 is 14.8 Å². The number of nitrogens with zero attached hydrogens (tertiary/aromatic N) is 1. The van der Waals surface area contributed by atoms with Gasteiger partial charge in [-0.15, -0.1) is 0 Å². The Bertz CT molecular complexity index is 1070. The number of methoxy groups -OCH3 is 1. The van der Waals surface area contributed by atoms with Crippen LogP contribution in [0.3, 0.4) is 0 Å². The smallest absolute Gasteiger partial charge is 0.276 e. The van der Waals surface area contributed by atoms with Crippen molar-refractivity contribution >= 4 is 52.5 Å². The molecular weight excluding hydrogens is 467 g/mol. The third-order valence-corrected chi connectivity index (χ3v) is 6.69. The molecule has 0 bridgehead atoms. The second-order valence-electron chi connectivity index (χ2n) is 7.87. The highest BCUT2D eigenvalue weighted by atomic mass is 35.5. The van der Waals surface area contributed by atoms with Crippen molar-refractivity contribution in [3.8, 4) is 11.5 Å². The zero-order valence-corrected chi connectivity index (χ0v) is 20.0. The van der Waals surface area contributed by atoms with E-state index in [2.05, 4.69) is 5.32 Å². The van der Waals surface area contributed by atoms with Crippen LogP contribution in [0.2, 0.25) is 10.0 Å². The molecule has 0 unspecified atom stereocenters. The van der Waals surface area contributed by atoms with Crippen molar-refractivity contribution in [2.75, 3.05) is 7.11 Å². The fourth-order valence-electron chi connectivity index (χ4n) is 4.11. The van der Waals surface area contributed by atoms with Crippen molar-refractivity contribution < 1.29 is 14.3 Å². The minimum absolute atomic E-state index is 0.101. The maximum absolute atomic E-state index is 13.0. The van der Waals surface area contributed by atoms with E-state index in [1.54, 1.807) is 36.3 Å². The summed E-state index contributed by atoms with van der Waals surface area (Å²) in [6, 6.07) is 11.1. The first kappa shape index (κ1) is 22.9. The van der Waals surface area contributed by atoms with Crippen LogP contribution in [0.15, 0.2) is 42.1 Å². The number of rotatable bonds is 6. The molecule has 4 rings (SSSR count). The summed E-state index contributed by atoms with van der Waals surface area (Å²) in [7, 11) is 1.55. The molecule has 1 saturated heterocycles. The molecule has 0 spiro atoms. The van der Waals surface area contributed by atoms with E-state index in [4.69, 9.17) is 44.9 Å². The van der Waals surface area contributed by atoms with Crippen molar-refractivity contribution in [1.29, 1.82) is 0 Å². The highest BCUT2D eigenvalue weighted by Gasteiger charge is 2.36. The SMILES string of the molecule is COc1cc(/C=C2\NC(=S)N(C3CCCCC3)C2=O)cc(Cl)c1OCc1ccccc1Cl. The quantitative estimate of drug-likeness (QED) is 0.399. The Morgan fingerprint density at radius 1 is 1.16 bits per heavy atom. The van der Waals surface area contributed by atoms with Crippen LogP contribution in [-0.4, -0.2) is 29.1 Å². The first-order chi connectivity index (χ1) is 15.5. The number of nitrogens with one attached hydrogen (secondary N) is 1. The maximum Gasteiger partial charge on any atom is 0.276 e. The number of hydrogen-bond donors (Lipinski definition) is 1. The Morgan fingerprint density at radius 2 is 1.91 bits per heavy atom. The number of carbonyl (C=O) groups is 1. The van der Waals surface area contributed by atoms with Gasteiger partial charge in [-0.1, -0.05) is 60.7 Å². The molecule has 0 atom stereocenters. The highest BCUT2D eigenvalue weighted by molar-refractivity contribution is 7.80. The third kappa shape index (κ3) is 4.87. The Kier molecular flexibility index (Phi) is 7.23. The van der Waals surface area contributed by atoms with E-state index < -0.39 is 0 Å². The molecule has 1 amide bonds. The largest absolute Gasteiger partial charge is 0.493 e. The van der Waals surface area contributed by atoms with Crippen LogP contribution in [0.25, 0.3) is 6.08 Å². The molecule has 0 aromatic heterocycles. The Labute approximate surface area is 203 Å². The van der Waals surface area contributed by atoms with Crippen LogP contribution in [0, 0.1) is 0 Å². The van der Waals surface area contributed by atoms with Gasteiger partial charge in [0.1, 0.15) is 12.3 Å². The number of ether oxygens (including phenoxy) is 2. The topological polar surface area (TPSA) is 50.8 Å². The van der Waals surface area contributed by atoms with Crippen LogP contribution in [0.5, 0.6) is 11.5 Å². The van der Waals surface area contributed by atoms with Gasteiger partial charge in [0.2, 0.25) is 0 Å². The van der Waals surface area contributed by atoms with Crippen molar-refractivity contribution in [3.05, 3.63) is 63.3 Å². The van der Waals surface area contributed by atoms with Crippen molar-refractivity contribution in [2.24, 2.45) is 0 Å². The fraction of sp³-hybridized carbons (Fsp3) is 0.333. The van der Waals surface area contributed by atoms with Crippen LogP contribution in [0.1, 0.15) is 43.2 Å². The fourth-order valence-corrected chi connectivity index (χ4v) is 4.92. The monoisotopic (exact) mass is 490 g/mol. The Morgan fingerprint density at radius 3 is 2.62 bits per heavy atom. The first-order valence-corrected chi connectivity index (χ1v) is 11.7. The molecular formula is C24H24Cl2N2O3S. The average Bonchev–Trinajstić information content (AvgIpc) is 3.07. The van der Waals surface area contributed by atoms with Gasteiger partial charge in [-0.05, 0) is 54.9 Å². The van der Waals surface area contributed by atoms with Gasteiger partial charge in [0, 0.05) is 16.6 Å². The number of hydrogen-bond acceptors (Lipinski definition) is 4. The molecule has 1 aliphatic carbocycles. The number of benzene rings is 2. The second-order valence-corrected chi connectivity index (χ2v) is 9.07. The van der Waals surface area contributed by atoms with Gasteiger partial charge in [0.05, 0.1) is 12.1 Å². The summed E-state index contributed by atoms with van der Waals surface area (Å²) in [5.74, 6) is 0.783. The van der Waals surface area contributed by atoms with Gasteiger partial charge in [-0.2, -0.15) is 0 Å². The minimum Gasteiger partial charge on any atom is -0.493 e. The van der Waals surface area contributed by atoms with E-state index in [-0.39, 0.29) is 18.6 Å². The summed E-state index contributed by atoms with van der Waals surface area (Å²) >= 11 is 18.2.